The zero-order valence-electron chi connectivity index (χ0n) is 23.6. The van der Waals surface area contributed by atoms with Gasteiger partial charge in [-0.05, 0) is 37.1 Å². The van der Waals surface area contributed by atoms with E-state index in [0.717, 1.165) is 16.8 Å². The summed E-state index contributed by atoms with van der Waals surface area (Å²) in [6.07, 6.45) is -9.58. The molecule has 6 N–H and O–H groups in total. The summed E-state index contributed by atoms with van der Waals surface area (Å²) in [5, 5.41) is 53.1. The van der Waals surface area contributed by atoms with E-state index in [1.165, 1.54) is 6.07 Å². The number of nitrogens with one attached hydrogen (secondary N) is 1. The van der Waals surface area contributed by atoms with E-state index in [1.54, 1.807) is 18.2 Å². The van der Waals surface area contributed by atoms with Crippen molar-refractivity contribution in [2.45, 2.75) is 50.7 Å². The SMILES string of the molecule is Cc1cccc(C)c1NC(=O)CN1CCN(C[C@H](O)COc2ccccc2O[C@H]2O[C@H](C(=O)O)[C@@H](O)[C@H](O)[C@H]2O)CC1. The maximum Gasteiger partial charge on any atom is 0.335 e. The van der Waals surface area contributed by atoms with Gasteiger partial charge in [0.25, 0.3) is 0 Å². The van der Waals surface area contributed by atoms with Crippen LogP contribution in [0.1, 0.15) is 11.1 Å². The van der Waals surface area contributed by atoms with Gasteiger partial charge in [0.15, 0.2) is 17.6 Å². The minimum atomic E-state index is -1.83. The number of benzene rings is 2. The largest absolute Gasteiger partial charge is 0.487 e. The van der Waals surface area contributed by atoms with Gasteiger partial charge in [-0.2, -0.15) is 0 Å². The molecule has 2 aliphatic rings. The number of aliphatic hydroxyl groups excluding tert-OH is 4. The number of carboxylic acids is 1. The molecule has 0 radical (unpaired) electrons. The first-order chi connectivity index (χ1) is 20.0. The second-order valence-corrected chi connectivity index (χ2v) is 10.7. The summed E-state index contributed by atoms with van der Waals surface area (Å²) in [4.78, 5) is 28.1. The fourth-order valence-electron chi connectivity index (χ4n) is 5.00. The molecule has 4 rings (SSSR count). The molecule has 13 heteroatoms. The Morgan fingerprint density at radius 3 is 2.19 bits per heavy atom. The normalized spacial score (nSPS) is 25.9. The molecule has 42 heavy (non-hydrogen) atoms. The monoisotopic (exact) mass is 589 g/mol. The highest BCUT2D eigenvalue weighted by Crippen LogP contribution is 2.31. The first-order valence-electron chi connectivity index (χ1n) is 13.8. The second kappa shape index (κ2) is 14.2. The first kappa shape index (κ1) is 31.6. The van der Waals surface area contributed by atoms with Gasteiger partial charge in [0.05, 0.1) is 6.54 Å². The van der Waals surface area contributed by atoms with E-state index < -0.39 is 42.8 Å². The lowest BCUT2D eigenvalue weighted by Crippen LogP contribution is -2.61. The number of carbonyl (C=O) groups is 2. The number of aliphatic hydroxyl groups is 4. The molecular weight excluding hydrogens is 550 g/mol. The molecule has 0 saturated carbocycles. The number of piperazine rings is 1. The number of ether oxygens (including phenoxy) is 3. The molecule has 0 bridgehead atoms. The molecule has 6 atom stereocenters. The molecule has 13 nitrogen and oxygen atoms in total. The number of nitrogens with zero attached hydrogens (tertiary/aromatic N) is 2. The van der Waals surface area contributed by atoms with Gasteiger partial charge in [0.2, 0.25) is 12.2 Å². The molecule has 2 fully saturated rings. The number of aryl methyl sites for hydroxylation is 2. The maximum atomic E-state index is 12.6. The first-order valence-corrected chi connectivity index (χ1v) is 13.8. The minimum absolute atomic E-state index is 0.0644. The number of hydrogen-bond donors (Lipinski definition) is 6. The van der Waals surface area contributed by atoms with Crippen LogP contribution in [0.15, 0.2) is 42.5 Å². The molecule has 2 aromatic carbocycles. The lowest BCUT2D eigenvalue weighted by Gasteiger charge is -2.38. The van der Waals surface area contributed by atoms with Crippen molar-refractivity contribution in [2.75, 3.05) is 51.2 Å². The third-order valence-corrected chi connectivity index (χ3v) is 7.38. The maximum absolute atomic E-state index is 12.6. The van der Waals surface area contributed by atoms with Crippen LogP contribution in [0.5, 0.6) is 11.5 Å². The summed E-state index contributed by atoms with van der Waals surface area (Å²) in [6.45, 7) is 7.17. The van der Waals surface area contributed by atoms with Gasteiger partial charge in [0, 0.05) is 38.4 Å². The number of anilines is 1. The van der Waals surface area contributed by atoms with Gasteiger partial charge < -0.3 is 45.1 Å². The second-order valence-electron chi connectivity index (χ2n) is 10.7. The van der Waals surface area contributed by atoms with Crippen molar-refractivity contribution in [3.8, 4) is 11.5 Å². The van der Waals surface area contributed by atoms with Crippen molar-refractivity contribution in [2.24, 2.45) is 0 Å². The third-order valence-electron chi connectivity index (χ3n) is 7.38. The van der Waals surface area contributed by atoms with E-state index in [9.17, 15) is 35.1 Å². The Bertz CT molecular complexity index is 1200. The zero-order chi connectivity index (χ0) is 30.4. The number of carbonyl (C=O) groups excluding carboxylic acids is 1. The molecule has 0 aromatic heterocycles. The Morgan fingerprint density at radius 2 is 1.55 bits per heavy atom. The zero-order valence-corrected chi connectivity index (χ0v) is 23.6. The summed E-state index contributed by atoms with van der Waals surface area (Å²) < 4.78 is 16.5. The Balaban J connectivity index is 1.23. The van der Waals surface area contributed by atoms with Crippen LogP contribution in [0, 0.1) is 13.8 Å². The van der Waals surface area contributed by atoms with Gasteiger partial charge >= 0.3 is 5.97 Å². The highest BCUT2D eigenvalue weighted by Gasteiger charge is 2.48. The predicted molar refractivity (Wildman–Crippen MR) is 150 cm³/mol. The number of β-amino-alcohol motifs (C(OH)–C–C–N with tert-alkyl or cyclic N) is 1. The summed E-state index contributed by atoms with van der Waals surface area (Å²) in [5.74, 6) is -1.28. The standard InChI is InChI=1S/C29H39N3O10/c1-17-6-5-7-18(2)23(17)30-22(34)15-32-12-10-31(11-13-32)14-19(33)16-40-20-8-3-4-9-21(20)41-29-26(37)24(35)25(36)27(42-29)28(38)39/h3-9,19,24-27,29,33,35-37H,10-16H2,1-2H3,(H,30,34)(H,38,39)/t19-,24-,25-,26+,27-,29-/m0/s1. The van der Waals surface area contributed by atoms with Crippen LogP contribution < -0.4 is 14.8 Å². The van der Waals surface area contributed by atoms with Crippen molar-refractivity contribution in [3.05, 3.63) is 53.6 Å². The Morgan fingerprint density at radius 1 is 0.929 bits per heavy atom. The molecule has 230 valence electrons. The number of aliphatic carboxylic acids is 1. The van der Waals surface area contributed by atoms with Crippen LogP contribution in [0.25, 0.3) is 0 Å². The molecule has 0 unspecified atom stereocenters. The molecule has 2 saturated heterocycles. The lowest BCUT2D eigenvalue weighted by atomic mass is 9.99. The van der Waals surface area contributed by atoms with Crippen LogP contribution in [0.2, 0.25) is 0 Å². The highest BCUT2D eigenvalue weighted by molar-refractivity contribution is 5.93. The van der Waals surface area contributed by atoms with E-state index in [-0.39, 0.29) is 30.6 Å². The molecular formula is C29H39N3O10. The van der Waals surface area contributed by atoms with E-state index in [4.69, 9.17) is 14.2 Å². The van der Waals surface area contributed by atoms with Crippen molar-refractivity contribution in [3.63, 3.8) is 0 Å². The van der Waals surface area contributed by atoms with Crippen LogP contribution >= 0.6 is 0 Å². The Kier molecular flexibility index (Phi) is 10.7. The summed E-state index contributed by atoms with van der Waals surface area (Å²) in [6, 6.07) is 12.2. The predicted octanol–water partition coefficient (Wildman–Crippen LogP) is -0.430. The van der Waals surface area contributed by atoms with Gasteiger partial charge in [-0.3, -0.25) is 14.6 Å². The molecule has 2 aromatic rings. The Hall–Kier alpha value is -3.30. The van der Waals surface area contributed by atoms with Crippen molar-refractivity contribution in [1.82, 2.24) is 9.80 Å². The van der Waals surface area contributed by atoms with Crippen molar-refractivity contribution >= 4 is 17.6 Å². The third kappa shape index (κ3) is 7.95. The average Bonchev–Trinajstić information content (AvgIpc) is 2.95. The topological polar surface area (TPSA) is 181 Å². The quantitative estimate of drug-likeness (QED) is 0.199. The fraction of sp³-hybridized carbons (Fsp3) is 0.517. The van der Waals surface area contributed by atoms with Crippen LogP contribution in [-0.2, 0) is 14.3 Å². The summed E-state index contributed by atoms with van der Waals surface area (Å²) in [5.41, 5.74) is 2.88. The van der Waals surface area contributed by atoms with Crippen molar-refractivity contribution in [1.29, 1.82) is 0 Å². The molecule has 2 aliphatic heterocycles. The van der Waals surface area contributed by atoms with Crippen LogP contribution in [0.3, 0.4) is 0 Å². The van der Waals surface area contributed by atoms with Crippen LogP contribution in [-0.4, -0.2) is 130 Å². The average molecular weight is 590 g/mol. The van der Waals surface area contributed by atoms with E-state index >= 15 is 0 Å². The van der Waals surface area contributed by atoms with Crippen LogP contribution in [0.4, 0.5) is 5.69 Å². The number of para-hydroxylation sites is 3. The number of amides is 1. The van der Waals surface area contributed by atoms with E-state index in [0.29, 0.717) is 32.7 Å². The molecule has 2 heterocycles. The van der Waals surface area contributed by atoms with Crippen molar-refractivity contribution < 1.29 is 49.3 Å². The van der Waals surface area contributed by atoms with Gasteiger partial charge in [-0.1, -0.05) is 30.3 Å². The van der Waals surface area contributed by atoms with Gasteiger partial charge in [-0.15, -0.1) is 0 Å². The molecule has 0 spiro atoms. The Labute approximate surface area is 243 Å². The van der Waals surface area contributed by atoms with Gasteiger partial charge in [0.1, 0.15) is 31.0 Å². The minimum Gasteiger partial charge on any atom is -0.487 e. The summed E-state index contributed by atoms with van der Waals surface area (Å²) >= 11 is 0. The number of rotatable bonds is 11. The number of hydrogen-bond acceptors (Lipinski definition) is 11. The number of carboxylic acid groups (broad SMARTS) is 1. The molecule has 0 aliphatic carbocycles. The highest BCUT2D eigenvalue weighted by atomic mass is 16.7. The fourth-order valence-corrected chi connectivity index (χ4v) is 5.00. The van der Waals surface area contributed by atoms with Gasteiger partial charge in [-0.25, -0.2) is 4.79 Å². The van der Waals surface area contributed by atoms with E-state index in [2.05, 4.69) is 15.1 Å². The summed E-state index contributed by atoms with van der Waals surface area (Å²) in [7, 11) is 0. The molecule has 1 amide bonds. The lowest BCUT2D eigenvalue weighted by molar-refractivity contribution is -0.271. The van der Waals surface area contributed by atoms with E-state index in [1.807, 2.05) is 32.0 Å². The smallest absolute Gasteiger partial charge is 0.335 e.